The Kier molecular flexibility index (Phi) is 6.16. The standard InChI is InChI=1S/C16H17F2NO5S/c1-22-12-4-6-13(7-5-12)25(20,21)19-10-11-3-8-14(24-16(17)18)15(9-11)23-2/h3-9,16,19H,10H2,1-2H3. The second-order valence-electron chi connectivity index (χ2n) is 4.86. The minimum absolute atomic E-state index is 0.0420. The van der Waals surface area contributed by atoms with Crippen molar-refractivity contribution in [2.24, 2.45) is 0 Å². The number of nitrogens with one attached hydrogen (secondary N) is 1. The molecule has 0 atom stereocenters. The van der Waals surface area contributed by atoms with Crippen molar-refractivity contribution in [1.29, 1.82) is 0 Å². The zero-order chi connectivity index (χ0) is 18.4. The first-order valence-electron chi connectivity index (χ1n) is 7.11. The molecule has 0 radical (unpaired) electrons. The molecule has 2 rings (SSSR count). The second-order valence-corrected chi connectivity index (χ2v) is 6.63. The van der Waals surface area contributed by atoms with Crippen LogP contribution in [0.25, 0.3) is 0 Å². The van der Waals surface area contributed by atoms with Gasteiger partial charge in [0.1, 0.15) is 5.75 Å². The van der Waals surface area contributed by atoms with Gasteiger partial charge in [0.15, 0.2) is 11.5 Å². The van der Waals surface area contributed by atoms with Crippen LogP contribution in [0.5, 0.6) is 17.2 Å². The number of benzene rings is 2. The van der Waals surface area contributed by atoms with Gasteiger partial charge in [-0.15, -0.1) is 0 Å². The molecular formula is C16H17F2NO5S. The maximum absolute atomic E-state index is 12.3. The average molecular weight is 373 g/mol. The summed E-state index contributed by atoms with van der Waals surface area (Å²) in [6, 6.07) is 10.1. The molecule has 0 aliphatic rings. The minimum Gasteiger partial charge on any atom is -0.497 e. The monoisotopic (exact) mass is 373 g/mol. The van der Waals surface area contributed by atoms with E-state index in [0.717, 1.165) is 0 Å². The molecule has 1 N–H and O–H groups in total. The van der Waals surface area contributed by atoms with Crippen molar-refractivity contribution >= 4 is 10.0 Å². The van der Waals surface area contributed by atoms with E-state index < -0.39 is 16.6 Å². The van der Waals surface area contributed by atoms with Crippen molar-refractivity contribution in [2.45, 2.75) is 18.1 Å². The van der Waals surface area contributed by atoms with Gasteiger partial charge in [0, 0.05) is 6.54 Å². The fourth-order valence-corrected chi connectivity index (χ4v) is 3.05. The predicted molar refractivity (Wildman–Crippen MR) is 86.6 cm³/mol. The Morgan fingerprint density at radius 1 is 1.00 bits per heavy atom. The fraction of sp³-hybridized carbons (Fsp3) is 0.250. The molecule has 2 aromatic rings. The number of halogens is 2. The topological polar surface area (TPSA) is 73.9 Å². The quantitative estimate of drug-likeness (QED) is 0.770. The van der Waals surface area contributed by atoms with Crippen LogP contribution in [0, 0.1) is 0 Å². The zero-order valence-corrected chi connectivity index (χ0v) is 14.3. The first-order chi connectivity index (χ1) is 11.9. The van der Waals surface area contributed by atoms with Crippen molar-refractivity contribution in [3.05, 3.63) is 48.0 Å². The number of alkyl halides is 2. The molecule has 25 heavy (non-hydrogen) atoms. The molecule has 6 nitrogen and oxygen atoms in total. The van der Waals surface area contributed by atoms with Crippen molar-refractivity contribution in [3.63, 3.8) is 0 Å². The Balaban J connectivity index is 2.11. The molecular weight excluding hydrogens is 356 g/mol. The first kappa shape index (κ1) is 18.9. The maximum atomic E-state index is 12.3. The third kappa shape index (κ3) is 5.04. The highest BCUT2D eigenvalue weighted by Crippen LogP contribution is 2.29. The lowest BCUT2D eigenvalue weighted by Crippen LogP contribution is -2.23. The highest BCUT2D eigenvalue weighted by Gasteiger charge is 2.15. The van der Waals surface area contributed by atoms with Crippen molar-refractivity contribution in [3.8, 4) is 17.2 Å². The van der Waals surface area contributed by atoms with Crippen LogP contribution >= 0.6 is 0 Å². The lowest BCUT2D eigenvalue weighted by atomic mass is 10.2. The smallest absolute Gasteiger partial charge is 0.387 e. The molecule has 0 spiro atoms. The number of methoxy groups -OCH3 is 2. The van der Waals surface area contributed by atoms with E-state index in [-0.39, 0.29) is 22.9 Å². The third-order valence-corrected chi connectivity index (χ3v) is 4.70. The zero-order valence-electron chi connectivity index (χ0n) is 13.5. The largest absolute Gasteiger partial charge is 0.497 e. The van der Waals surface area contributed by atoms with Gasteiger partial charge in [-0.1, -0.05) is 6.07 Å². The van der Waals surface area contributed by atoms with Gasteiger partial charge >= 0.3 is 6.61 Å². The summed E-state index contributed by atoms with van der Waals surface area (Å²) in [4.78, 5) is 0.0814. The Bertz CT molecular complexity index is 810. The molecule has 0 aromatic heterocycles. The third-order valence-electron chi connectivity index (χ3n) is 3.28. The number of ether oxygens (including phenoxy) is 3. The van der Waals surface area contributed by atoms with Crippen molar-refractivity contribution < 1.29 is 31.4 Å². The van der Waals surface area contributed by atoms with E-state index in [2.05, 4.69) is 9.46 Å². The molecule has 0 fully saturated rings. The van der Waals surface area contributed by atoms with Gasteiger partial charge in [0.05, 0.1) is 19.1 Å². The molecule has 0 saturated carbocycles. The summed E-state index contributed by atoms with van der Waals surface area (Å²) in [5.74, 6) is 0.499. The highest BCUT2D eigenvalue weighted by molar-refractivity contribution is 7.89. The lowest BCUT2D eigenvalue weighted by molar-refractivity contribution is -0.0512. The Labute approximate surface area is 144 Å². The number of sulfonamides is 1. The second kappa shape index (κ2) is 8.13. The van der Waals surface area contributed by atoms with Crippen LogP contribution in [-0.4, -0.2) is 29.2 Å². The maximum Gasteiger partial charge on any atom is 0.387 e. The molecule has 0 saturated heterocycles. The van der Waals surface area contributed by atoms with Gasteiger partial charge in [0.25, 0.3) is 0 Å². The fourth-order valence-electron chi connectivity index (χ4n) is 2.03. The summed E-state index contributed by atoms with van der Waals surface area (Å²) >= 11 is 0. The number of hydrogen-bond donors (Lipinski definition) is 1. The predicted octanol–water partition coefficient (Wildman–Crippen LogP) is 2.78. The van der Waals surface area contributed by atoms with Crippen LogP contribution in [-0.2, 0) is 16.6 Å². The van der Waals surface area contributed by atoms with E-state index in [1.165, 1.54) is 56.7 Å². The summed E-state index contributed by atoms with van der Waals surface area (Å²) < 4.78 is 65.8. The summed E-state index contributed by atoms with van der Waals surface area (Å²) in [6.45, 7) is -3.02. The Morgan fingerprint density at radius 2 is 1.68 bits per heavy atom. The summed E-state index contributed by atoms with van der Waals surface area (Å²) in [5.41, 5.74) is 0.524. The van der Waals surface area contributed by atoms with E-state index in [0.29, 0.717) is 11.3 Å². The van der Waals surface area contributed by atoms with Gasteiger partial charge in [-0.3, -0.25) is 0 Å². The van der Waals surface area contributed by atoms with E-state index in [1.807, 2.05) is 0 Å². The molecule has 0 unspecified atom stereocenters. The summed E-state index contributed by atoms with van der Waals surface area (Å²) in [6.07, 6.45) is 0. The van der Waals surface area contributed by atoms with E-state index >= 15 is 0 Å². The molecule has 0 aliphatic heterocycles. The van der Waals surface area contributed by atoms with Gasteiger partial charge in [-0.2, -0.15) is 8.78 Å². The molecule has 136 valence electrons. The van der Waals surface area contributed by atoms with Crippen LogP contribution in [0.2, 0.25) is 0 Å². The lowest BCUT2D eigenvalue weighted by Gasteiger charge is -2.12. The van der Waals surface area contributed by atoms with E-state index in [4.69, 9.17) is 9.47 Å². The SMILES string of the molecule is COc1ccc(S(=O)(=O)NCc2ccc(OC(F)F)c(OC)c2)cc1. The Hall–Kier alpha value is -2.39. The average Bonchev–Trinajstić information content (AvgIpc) is 2.60. The first-order valence-corrected chi connectivity index (χ1v) is 8.59. The van der Waals surface area contributed by atoms with Crippen LogP contribution in [0.4, 0.5) is 8.78 Å². The molecule has 9 heteroatoms. The van der Waals surface area contributed by atoms with Crippen LogP contribution in [0.3, 0.4) is 0 Å². The minimum atomic E-state index is -3.73. The van der Waals surface area contributed by atoms with E-state index in [1.54, 1.807) is 0 Å². The molecule has 0 bridgehead atoms. The van der Waals surface area contributed by atoms with Gasteiger partial charge in [-0.25, -0.2) is 13.1 Å². The number of rotatable bonds is 8. The van der Waals surface area contributed by atoms with Gasteiger partial charge in [-0.05, 0) is 42.0 Å². The van der Waals surface area contributed by atoms with E-state index in [9.17, 15) is 17.2 Å². The molecule has 0 amide bonds. The van der Waals surface area contributed by atoms with Crippen LogP contribution < -0.4 is 18.9 Å². The molecule has 0 heterocycles. The summed E-state index contributed by atoms with van der Waals surface area (Å²) in [5, 5.41) is 0. The Morgan fingerprint density at radius 3 is 2.24 bits per heavy atom. The van der Waals surface area contributed by atoms with Gasteiger partial charge in [0.2, 0.25) is 10.0 Å². The number of hydrogen-bond acceptors (Lipinski definition) is 5. The van der Waals surface area contributed by atoms with Crippen LogP contribution in [0.15, 0.2) is 47.4 Å². The summed E-state index contributed by atoms with van der Waals surface area (Å²) in [7, 11) is -0.943. The van der Waals surface area contributed by atoms with Gasteiger partial charge < -0.3 is 14.2 Å². The van der Waals surface area contributed by atoms with Crippen molar-refractivity contribution in [1.82, 2.24) is 4.72 Å². The van der Waals surface area contributed by atoms with Crippen LogP contribution in [0.1, 0.15) is 5.56 Å². The molecule has 2 aromatic carbocycles. The molecule has 0 aliphatic carbocycles. The normalized spacial score (nSPS) is 11.4. The van der Waals surface area contributed by atoms with Crippen molar-refractivity contribution in [2.75, 3.05) is 14.2 Å². The highest BCUT2D eigenvalue weighted by atomic mass is 32.2.